The molecule has 3 rings (SSSR count). The molecule has 1 heterocycles. The van der Waals surface area contributed by atoms with Crippen molar-refractivity contribution in [3.05, 3.63) is 75.3 Å². The number of fused-ring (bicyclic) bond motifs is 1. The normalized spacial score (nSPS) is 11.2. The van der Waals surface area contributed by atoms with Crippen molar-refractivity contribution in [2.45, 2.75) is 40.2 Å². The number of aromatic nitrogens is 1. The second kappa shape index (κ2) is 7.58. The van der Waals surface area contributed by atoms with Crippen LogP contribution in [0.1, 0.15) is 48.2 Å². The second-order valence-electron chi connectivity index (χ2n) is 7.37. The number of hydrogen-bond acceptors (Lipinski definition) is 2. The molecule has 1 amide bonds. The van der Waals surface area contributed by atoms with Crippen LogP contribution < -0.4 is 10.5 Å². The predicted octanol–water partition coefficient (Wildman–Crippen LogP) is 4.87. The first-order chi connectivity index (χ1) is 13.2. The first kappa shape index (κ1) is 19.8. The molecule has 0 atom stereocenters. The van der Waals surface area contributed by atoms with Gasteiger partial charge < -0.3 is 9.47 Å². The van der Waals surface area contributed by atoms with Crippen LogP contribution in [-0.4, -0.2) is 17.5 Å². The topological polar surface area (TPSA) is 42.3 Å². The van der Waals surface area contributed by atoms with E-state index in [-0.39, 0.29) is 23.2 Å². The lowest BCUT2D eigenvalue weighted by Gasteiger charge is -2.19. The number of rotatable bonds is 4. The Morgan fingerprint density at radius 1 is 1.14 bits per heavy atom. The zero-order chi connectivity index (χ0) is 20.6. The third-order valence-corrected chi connectivity index (χ3v) is 5.18. The van der Waals surface area contributed by atoms with E-state index in [1.54, 1.807) is 42.8 Å². The number of amides is 1. The molecule has 0 N–H and O–H groups in total. The summed E-state index contributed by atoms with van der Waals surface area (Å²) in [5.41, 5.74) is 3.23. The van der Waals surface area contributed by atoms with Crippen LogP contribution in [0.2, 0.25) is 0 Å². The van der Waals surface area contributed by atoms with E-state index >= 15 is 0 Å². The Balaban J connectivity index is 2.11. The van der Waals surface area contributed by atoms with Crippen molar-refractivity contribution in [3.8, 4) is 0 Å². The third kappa shape index (κ3) is 3.44. The van der Waals surface area contributed by atoms with E-state index in [4.69, 9.17) is 0 Å². The average Bonchev–Trinajstić information content (AvgIpc) is 2.67. The molecule has 3 aromatic rings. The molecule has 5 heteroatoms. The highest BCUT2D eigenvalue weighted by Gasteiger charge is 2.18. The molecule has 4 nitrogen and oxygen atoms in total. The predicted molar refractivity (Wildman–Crippen MR) is 112 cm³/mol. The maximum atomic E-state index is 13.9. The Bertz CT molecular complexity index is 1120. The molecule has 146 valence electrons. The number of carbonyl (C=O) groups excluding carboxylic acids is 1. The van der Waals surface area contributed by atoms with Crippen LogP contribution >= 0.6 is 0 Å². The molecule has 2 aromatic carbocycles. The Hall–Kier alpha value is -2.95. The van der Waals surface area contributed by atoms with Gasteiger partial charge in [-0.2, -0.15) is 0 Å². The SMILES string of the molecule is CCn1c(=O)cc(C(C)C)c2cc(C(=O)N(C)c3ccc(C)c(F)c3)ccc21. The maximum absolute atomic E-state index is 13.9. The lowest BCUT2D eigenvalue weighted by atomic mass is 9.97. The van der Waals surface area contributed by atoms with E-state index in [9.17, 15) is 14.0 Å². The molecule has 0 aliphatic rings. The highest BCUT2D eigenvalue weighted by molar-refractivity contribution is 6.07. The molecule has 0 aliphatic heterocycles. The lowest BCUT2D eigenvalue weighted by Crippen LogP contribution is -2.26. The van der Waals surface area contributed by atoms with Crippen molar-refractivity contribution in [2.75, 3.05) is 11.9 Å². The van der Waals surface area contributed by atoms with Gasteiger partial charge in [0.15, 0.2) is 0 Å². The molecule has 0 saturated carbocycles. The first-order valence-corrected chi connectivity index (χ1v) is 9.46. The minimum absolute atomic E-state index is 0.0370. The van der Waals surface area contributed by atoms with Crippen molar-refractivity contribution in [3.63, 3.8) is 0 Å². The van der Waals surface area contributed by atoms with Gasteiger partial charge in [0.25, 0.3) is 11.5 Å². The molecular formula is C23H25FN2O2. The summed E-state index contributed by atoms with van der Waals surface area (Å²) in [6.07, 6.45) is 0. The first-order valence-electron chi connectivity index (χ1n) is 9.46. The van der Waals surface area contributed by atoms with Gasteiger partial charge in [-0.15, -0.1) is 0 Å². The number of nitrogens with zero attached hydrogens (tertiary/aromatic N) is 2. The van der Waals surface area contributed by atoms with Gasteiger partial charge in [0.1, 0.15) is 5.82 Å². The molecule has 0 saturated heterocycles. The number of pyridine rings is 1. The maximum Gasteiger partial charge on any atom is 0.258 e. The van der Waals surface area contributed by atoms with Gasteiger partial charge in [0, 0.05) is 36.3 Å². The summed E-state index contributed by atoms with van der Waals surface area (Å²) in [5, 5.41) is 0.894. The summed E-state index contributed by atoms with van der Waals surface area (Å²) >= 11 is 0. The molecule has 0 aliphatic carbocycles. The van der Waals surface area contributed by atoms with E-state index in [0.29, 0.717) is 23.4 Å². The molecule has 0 bridgehead atoms. The van der Waals surface area contributed by atoms with Crippen molar-refractivity contribution in [1.29, 1.82) is 0 Å². The molecular weight excluding hydrogens is 355 g/mol. The zero-order valence-electron chi connectivity index (χ0n) is 16.9. The van der Waals surface area contributed by atoms with Gasteiger partial charge in [-0.3, -0.25) is 9.59 Å². The van der Waals surface area contributed by atoms with E-state index in [2.05, 4.69) is 0 Å². The van der Waals surface area contributed by atoms with Crippen LogP contribution in [-0.2, 0) is 6.54 Å². The monoisotopic (exact) mass is 380 g/mol. The number of aryl methyl sites for hydroxylation is 2. The van der Waals surface area contributed by atoms with Crippen LogP contribution in [0.25, 0.3) is 10.9 Å². The summed E-state index contributed by atoms with van der Waals surface area (Å²) in [6, 6.07) is 11.8. The van der Waals surface area contributed by atoms with E-state index in [1.807, 2.05) is 32.9 Å². The van der Waals surface area contributed by atoms with Crippen LogP contribution in [0.5, 0.6) is 0 Å². The standard InChI is InChI=1S/C23H25FN2O2/c1-6-26-21-10-8-16(11-19(21)18(14(2)3)13-22(26)27)23(28)25(5)17-9-7-15(4)20(24)12-17/h7-14H,6H2,1-5H3. The minimum atomic E-state index is -0.343. The third-order valence-electron chi connectivity index (χ3n) is 5.18. The molecule has 1 aromatic heterocycles. The number of anilines is 1. The molecule has 28 heavy (non-hydrogen) atoms. The molecule has 0 unspecified atom stereocenters. The highest BCUT2D eigenvalue weighted by atomic mass is 19.1. The van der Waals surface area contributed by atoms with Gasteiger partial charge in [0.05, 0.1) is 5.52 Å². The average molecular weight is 380 g/mol. The summed E-state index contributed by atoms with van der Waals surface area (Å²) in [5.74, 6) is -0.421. The largest absolute Gasteiger partial charge is 0.311 e. The Morgan fingerprint density at radius 3 is 2.46 bits per heavy atom. The summed E-state index contributed by atoms with van der Waals surface area (Å²) in [4.78, 5) is 26.9. The van der Waals surface area contributed by atoms with Crippen molar-refractivity contribution in [1.82, 2.24) is 4.57 Å². The van der Waals surface area contributed by atoms with Gasteiger partial charge in [0.2, 0.25) is 0 Å². The van der Waals surface area contributed by atoms with Crippen molar-refractivity contribution >= 4 is 22.5 Å². The van der Waals surface area contributed by atoms with E-state index in [0.717, 1.165) is 16.5 Å². The fourth-order valence-corrected chi connectivity index (χ4v) is 3.45. The van der Waals surface area contributed by atoms with Crippen LogP contribution in [0.3, 0.4) is 0 Å². The fourth-order valence-electron chi connectivity index (χ4n) is 3.45. The van der Waals surface area contributed by atoms with Crippen molar-refractivity contribution in [2.24, 2.45) is 0 Å². The smallest absolute Gasteiger partial charge is 0.258 e. The van der Waals surface area contributed by atoms with E-state index < -0.39 is 0 Å². The Kier molecular flexibility index (Phi) is 5.36. The number of halogens is 1. The minimum Gasteiger partial charge on any atom is -0.311 e. The molecule has 0 radical (unpaired) electrons. The molecule has 0 fully saturated rings. The summed E-state index contributed by atoms with van der Waals surface area (Å²) in [6.45, 7) is 8.23. The Labute approximate surface area is 164 Å². The summed E-state index contributed by atoms with van der Waals surface area (Å²) in [7, 11) is 1.63. The van der Waals surface area contributed by atoms with Gasteiger partial charge in [-0.05, 0) is 61.2 Å². The molecule has 0 spiro atoms. The van der Waals surface area contributed by atoms with Crippen LogP contribution in [0.4, 0.5) is 10.1 Å². The summed E-state index contributed by atoms with van der Waals surface area (Å²) < 4.78 is 15.6. The van der Waals surface area contributed by atoms with Crippen LogP contribution in [0.15, 0.2) is 47.3 Å². The highest BCUT2D eigenvalue weighted by Crippen LogP contribution is 2.26. The van der Waals surface area contributed by atoms with Gasteiger partial charge in [-0.1, -0.05) is 19.9 Å². The number of hydrogen-bond donors (Lipinski definition) is 0. The number of benzene rings is 2. The number of carbonyl (C=O) groups is 1. The Morgan fingerprint density at radius 2 is 1.86 bits per heavy atom. The van der Waals surface area contributed by atoms with E-state index in [1.165, 1.54) is 11.0 Å². The van der Waals surface area contributed by atoms with Crippen molar-refractivity contribution < 1.29 is 9.18 Å². The van der Waals surface area contributed by atoms with Gasteiger partial charge in [-0.25, -0.2) is 4.39 Å². The van der Waals surface area contributed by atoms with Gasteiger partial charge >= 0.3 is 0 Å². The van der Waals surface area contributed by atoms with Crippen LogP contribution in [0, 0.1) is 12.7 Å². The second-order valence-corrected chi connectivity index (χ2v) is 7.37. The zero-order valence-corrected chi connectivity index (χ0v) is 16.9. The lowest BCUT2D eigenvalue weighted by molar-refractivity contribution is 0.0993. The fraction of sp³-hybridized carbons (Fsp3) is 0.304. The quantitative estimate of drug-likeness (QED) is 0.648.